The first-order chi connectivity index (χ1) is 11.0. The molecule has 0 aromatic heterocycles. The molecule has 2 rings (SSSR count). The van der Waals surface area contributed by atoms with Gasteiger partial charge in [0.05, 0.1) is 10.0 Å². The first-order valence-electron chi connectivity index (χ1n) is 7.52. The molecule has 0 heterocycles. The largest absolute Gasteiger partial charge is 0.350 e. The van der Waals surface area contributed by atoms with Gasteiger partial charge in [0, 0.05) is 12.1 Å². The summed E-state index contributed by atoms with van der Waals surface area (Å²) >= 11 is 11.8. The van der Waals surface area contributed by atoms with Gasteiger partial charge in [-0.1, -0.05) is 59.6 Å². The average molecular weight is 348 g/mol. The van der Waals surface area contributed by atoms with Crippen molar-refractivity contribution >= 4 is 35.2 Å². The number of aryl methyl sites for hydroxylation is 1. The Morgan fingerprint density at radius 2 is 1.87 bits per heavy atom. The van der Waals surface area contributed by atoms with Crippen molar-refractivity contribution in [1.29, 1.82) is 0 Å². The minimum absolute atomic E-state index is 0.112. The minimum atomic E-state index is -0.114. The summed E-state index contributed by atoms with van der Waals surface area (Å²) in [7, 11) is 0. The van der Waals surface area contributed by atoms with Crippen LogP contribution in [0.2, 0.25) is 10.0 Å². The van der Waals surface area contributed by atoms with Crippen molar-refractivity contribution in [2.75, 3.05) is 0 Å². The Bertz CT molecular complexity index is 683. The SMILES string of the molecule is CC(CCc1ccccc1)NC(=O)C=Cc1ccc(Cl)c(Cl)c1. The summed E-state index contributed by atoms with van der Waals surface area (Å²) in [5.41, 5.74) is 2.12. The normalized spacial score (nSPS) is 12.3. The highest BCUT2D eigenvalue weighted by Gasteiger charge is 2.05. The quantitative estimate of drug-likeness (QED) is 0.719. The average Bonchev–Trinajstić information content (AvgIpc) is 2.55. The van der Waals surface area contributed by atoms with Crippen LogP contribution >= 0.6 is 23.2 Å². The van der Waals surface area contributed by atoms with Crippen molar-refractivity contribution in [1.82, 2.24) is 5.32 Å². The highest BCUT2D eigenvalue weighted by Crippen LogP contribution is 2.23. The molecule has 2 aromatic rings. The van der Waals surface area contributed by atoms with Crippen LogP contribution in [0.25, 0.3) is 6.08 Å². The van der Waals surface area contributed by atoms with Gasteiger partial charge in [0.15, 0.2) is 0 Å². The number of hydrogen-bond donors (Lipinski definition) is 1. The van der Waals surface area contributed by atoms with Gasteiger partial charge in [-0.2, -0.15) is 0 Å². The fraction of sp³-hybridized carbons (Fsp3) is 0.211. The molecule has 1 amide bonds. The Hall–Kier alpha value is -1.77. The zero-order chi connectivity index (χ0) is 16.7. The van der Waals surface area contributed by atoms with Gasteiger partial charge in [0.25, 0.3) is 0 Å². The lowest BCUT2D eigenvalue weighted by Gasteiger charge is -2.12. The van der Waals surface area contributed by atoms with Gasteiger partial charge in [0.1, 0.15) is 0 Å². The van der Waals surface area contributed by atoms with Crippen LogP contribution in [0.4, 0.5) is 0 Å². The van der Waals surface area contributed by atoms with Crippen LogP contribution in [-0.2, 0) is 11.2 Å². The van der Waals surface area contributed by atoms with Crippen molar-refractivity contribution in [3.63, 3.8) is 0 Å². The molecule has 120 valence electrons. The fourth-order valence-corrected chi connectivity index (χ4v) is 2.49. The summed E-state index contributed by atoms with van der Waals surface area (Å²) < 4.78 is 0. The molecule has 1 unspecified atom stereocenters. The van der Waals surface area contributed by atoms with Crippen LogP contribution in [0.3, 0.4) is 0 Å². The number of hydrogen-bond acceptors (Lipinski definition) is 1. The monoisotopic (exact) mass is 347 g/mol. The van der Waals surface area contributed by atoms with Crippen LogP contribution in [0.15, 0.2) is 54.6 Å². The van der Waals surface area contributed by atoms with Gasteiger partial charge in [-0.25, -0.2) is 0 Å². The standard InChI is InChI=1S/C19H19Cl2NO/c1-14(7-8-15-5-3-2-4-6-15)22-19(23)12-10-16-9-11-17(20)18(21)13-16/h2-6,9-14H,7-8H2,1H3,(H,22,23). The van der Waals surface area contributed by atoms with E-state index in [9.17, 15) is 4.79 Å². The number of rotatable bonds is 6. The maximum Gasteiger partial charge on any atom is 0.244 e. The predicted octanol–water partition coefficient (Wildman–Crippen LogP) is 5.14. The zero-order valence-electron chi connectivity index (χ0n) is 12.9. The maximum absolute atomic E-state index is 11.9. The highest BCUT2D eigenvalue weighted by atomic mass is 35.5. The summed E-state index contributed by atoms with van der Waals surface area (Å²) in [6.45, 7) is 2.01. The Kier molecular flexibility index (Phi) is 6.69. The predicted molar refractivity (Wildman–Crippen MR) is 97.9 cm³/mol. The number of amides is 1. The van der Waals surface area contributed by atoms with E-state index in [1.165, 1.54) is 11.6 Å². The van der Waals surface area contributed by atoms with Gasteiger partial charge in [-0.15, -0.1) is 0 Å². The number of nitrogens with one attached hydrogen (secondary N) is 1. The molecular formula is C19H19Cl2NO. The van der Waals surface area contributed by atoms with E-state index in [2.05, 4.69) is 17.4 Å². The second kappa shape index (κ2) is 8.76. The Morgan fingerprint density at radius 3 is 2.57 bits per heavy atom. The van der Waals surface area contributed by atoms with Crippen molar-refractivity contribution in [2.45, 2.75) is 25.8 Å². The van der Waals surface area contributed by atoms with E-state index < -0.39 is 0 Å². The molecule has 1 atom stereocenters. The fourth-order valence-electron chi connectivity index (χ4n) is 2.18. The maximum atomic E-state index is 11.9. The number of benzene rings is 2. The molecule has 1 N–H and O–H groups in total. The molecule has 0 radical (unpaired) electrons. The summed E-state index contributed by atoms with van der Waals surface area (Å²) in [6.07, 6.45) is 5.08. The molecular weight excluding hydrogens is 329 g/mol. The smallest absolute Gasteiger partial charge is 0.244 e. The van der Waals surface area contributed by atoms with Crippen molar-refractivity contribution in [3.05, 3.63) is 75.8 Å². The van der Waals surface area contributed by atoms with E-state index in [-0.39, 0.29) is 11.9 Å². The molecule has 0 aliphatic carbocycles. The van der Waals surface area contributed by atoms with Crippen LogP contribution in [-0.4, -0.2) is 11.9 Å². The number of carbonyl (C=O) groups excluding carboxylic acids is 1. The van der Waals surface area contributed by atoms with E-state index in [1.54, 1.807) is 18.2 Å². The summed E-state index contributed by atoms with van der Waals surface area (Å²) in [4.78, 5) is 11.9. The molecule has 0 fully saturated rings. The lowest BCUT2D eigenvalue weighted by atomic mass is 10.1. The lowest BCUT2D eigenvalue weighted by Crippen LogP contribution is -2.31. The van der Waals surface area contributed by atoms with E-state index in [1.807, 2.05) is 31.2 Å². The number of halogens is 2. The molecule has 0 spiro atoms. The third-order valence-electron chi connectivity index (χ3n) is 3.47. The molecule has 2 aromatic carbocycles. The molecule has 0 saturated heterocycles. The summed E-state index contributed by atoms with van der Waals surface area (Å²) in [5, 5.41) is 3.94. The van der Waals surface area contributed by atoms with Crippen molar-refractivity contribution in [3.8, 4) is 0 Å². The van der Waals surface area contributed by atoms with Crippen LogP contribution in [0, 0.1) is 0 Å². The van der Waals surface area contributed by atoms with Crippen LogP contribution < -0.4 is 5.32 Å². The molecule has 2 nitrogen and oxygen atoms in total. The van der Waals surface area contributed by atoms with E-state index >= 15 is 0 Å². The second-order valence-corrected chi connectivity index (χ2v) is 6.26. The van der Waals surface area contributed by atoms with Crippen LogP contribution in [0.1, 0.15) is 24.5 Å². The molecule has 23 heavy (non-hydrogen) atoms. The van der Waals surface area contributed by atoms with Crippen LogP contribution in [0.5, 0.6) is 0 Å². The Morgan fingerprint density at radius 1 is 1.13 bits per heavy atom. The highest BCUT2D eigenvalue weighted by molar-refractivity contribution is 6.42. The van der Waals surface area contributed by atoms with Crippen molar-refractivity contribution in [2.24, 2.45) is 0 Å². The van der Waals surface area contributed by atoms with Gasteiger partial charge >= 0.3 is 0 Å². The summed E-state index contributed by atoms with van der Waals surface area (Å²) in [6, 6.07) is 15.6. The van der Waals surface area contributed by atoms with E-state index in [0.717, 1.165) is 18.4 Å². The molecule has 4 heteroatoms. The van der Waals surface area contributed by atoms with Crippen molar-refractivity contribution < 1.29 is 4.79 Å². The van der Waals surface area contributed by atoms with E-state index in [4.69, 9.17) is 23.2 Å². The first kappa shape index (κ1) is 17.6. The number of carbonyl (C=O) groups is 1. The topological polar surface area (TPSA) is 29.1 Å². The molecule has 0 aliphatic heterocycles. The first-order valence-corrected chi connectivity index (χ1v) is 8.28. The minimum Gasteiger partial charge on any atom is -0.350 e. The lowest BCUT2D eigenvalue weighted by molar-refractivity contribution is -0.117. The molecule has 0 aliphatic rings. The molecule has 0 bridgehead atoms. The van der Waals surface area contributed by atoms with Gasteiger partial charge in [-0.3, -0.25) is 4.79 Å². The Balaban J connectivity index is 1.81. The zero-order valence-corrected chi connectivity index (χ0v) is 14.4. The third-order valence-corrected chi connectivity index (χ3v) is 4.21. The van der Waals surface area contributed by atoms with Gasteiger partial charge in [0.2, 0.25) is 5.91 Å². The third kappa shape index (κ3) is 6.09. The van der Waals surface area contributed by atoms with Gasteiger partial charge < -0.3 is 5.32 Å². The van der Waals surface area contributed by atoms with E-state index in [0.29, 0.717) is 10.0 Å². The Labute approximate surface area is 147 Å². The molecule has 0 saturated carbocycles. The second-order valence-electron chi connectivity index (χ2n) is 5.44. The summed E-state index contributed by atoms with van der Waals surface area (Å²) in [5.74, 6) is -0.114. The van der Waals surface area contributed by atoms with Gasteiger partial charge in [-0.05, 0) is 49.1 Å².